The van der Waals surface area contributed by atoms with Crippen LogP contribution in [0.5, 0.6) is 0 Å². The molecule has 0 unspecified atom stereocenters. The van der Waals surface area contributed by atoms with Crippen molar-refractivity contribution < 1.29 is 15.0 Å². The van der Waals surface area contributed by atoms with E-state index in [4.69, 9.17) is 0 Å². The summed E-state index contributed by atoms with van der Waals surface area (Å²) in [5.74, 6) is -1.13. The molecular weight excluding hydrogens is 192 g/mol. The van der Waals surface area contributed by atoms with Crippen LogP contribution in [0, 0.1) is 13.8 Å². The van der Waals surface area contributed by atoms with Crippen LogP contribution in [0.2, 0.25) is 0 Å². The number of hydrogen-bond acceptors (Lipinski definition) is 3. The van der Waals surface area contributed by atoms with Gasteiger partial charge in [-0.2, -0.15) is 0 Å². The number of rotatable bonds is 4. The van der Waals surface area contributed by atoms with Gasteiger partial charge in [-0.1, -0.05) is 23.8 Å². The maximum Gasteiger partial charge on any atom is 0.0796 e. The highest BCUT2D eigenvalue weighted by atomic mass is 16.4. The van der Waals surface area contributed by atoms with E-state index in [1.807, 2.05) is 32.0 Å². The highest BCUT2D eigenvalue weighted by Gasteiger charge is 2.09. The smallest absolute Gasteiger partial charge is 0.0796 e. The van der Waals surface area contributed by atoms with Gasteiger partial charge in [0.05, 0.1) is 6.10 Å². The van der Waals surface area contributed by atoms with Gasteiger partial charge in [0.2, 0.25) is 0 Å². The van der Waals surface area contributed by atoms with Crippen LogP contribution in [0.1, 0.15) is 35.6 Å². The summed E-state index contributed by atoms with van der Waals surface area (Å²) in [7, 11) is 0. The summed E-state index contributed by atoms with van der Waals surface area (Å²) < 4.78 is 0. The number of carbonyl (C=O) groups excluding carboxylic acids is 1. The normalized spacial score (nSPS) is 12.5. The minimum absolute atomic E-state index is 0.117. The molecule has 0 fully saturated rings. The lowest BCUT2D eigenvalue weighted by atomic mass is 9.98. The first-order chi connectivity index (χ1) is 7.00. The largest absolute Gasteiger partial charge is 0.550 e. The molecular formula is C12H15O3-. The van der Waals surface area contributed by atoms with Gasteiger partial charge in [-0.3, -0.25) is 0 Å². The van der Waals surface area contributed by atoms with Gasteiger partial charge in [0.1, 0.15) is 0 Å². The van der Waals surface area contributed by atoms with Crippen LogP contribution in [0.4, 0.5) is 0 Å². The molecule has 0 amide bonds. The average molecular weight is 207 g/mol. The summed E-state index contributed by atoms with van der Waals surface area (Å²) in [5.41, 5.74) is 2.91. The Morgan fingerprint density at radius 2 is 2.13 bits per heavy atom. The molecule has 0 saturated heterocycles. The number of carbonyl (C=O) groups is 1. The van der Waals surface area contributed by atoms with Gasteiger partial charge >= 0.3 is 0 Å². The number of aliphatic hydroxyl groups excluding tert-OH is 1. The van der Waals surface area contributed by atoms with Crippen molar-refractivity contribution in [3.63, 3.8) is 0 Å². The first-order valence-corrected chi connectivity index (χ1v) is 4.95. The zero-order chi connectivity index (χ0) is 11.4. The molecule has 15 heavy (non-hydrogen) atoms. The maximum absolute atomic E-state index is 10.3. The molecule has 1 aromatic carbocycles. The summed E-state index contributed by atoms with van der Waals surface area (Å²) in [6.45, 7) is 3.88. The van der Waals surface area contributed by atoms with Crippen molar-refractivity contribution in [1.29, 1.82) is 0 Å². The molecule has 1 aromatic rings. The van der Waals surface area contributed by atoms with E-state index in [-0.39, 0.29) is 12.8 Å². The van der Waals surface area contributed by atoms with Gasteiger partial charge < -0.3 is 15.0 Å². The fourth-order valence-corrected chi connectivity index (χ4v) is 1.61. The topological polar surface area (TPSA) is 60.4 Å². The van der Waals surface area contributed by atoms with E-state index in [1.165, 1.54) is 0 Å². The second kappa shape index (κ2) is 4.94. The highest BCUT2D eigenvalue weighted by Crippen LogP contribution is 2.22. The number of carboxylic acid groups (broad SMARTS) is 1. The number of benzene rings is 1. The SMILES string of the molecule is Cc1ccc([C@H](O)CCC(=O)[O-])c(C)c1. The molecule has 0 heterocycles. The fourth-order valence-electron chi connectivity index (χ4n) is 1.61. The standard InChI is InChI=1S/C12H16O3/c1-8-3-4-10(9(2)7-8)11(13)5-6-12(14)15/h3-4,7,11,13H,5-6H2,1-2H3,(H,14,15)/p-1/t11-/m1/s1. The molecule has 82 valence electrons. The lowest BCUT2D eigenvalue weighted by Gasteiger charge is -2.14. The third-order valence-electron chi connectivity index (χ3n) is 2.41. The van der Waals surface area contributed by atoms with Crippen molar-refractivity contribution in [2.75, 3.05) is 0 Å². The monoisotopic (exact) mass is 207 g/mol. The minimum atomic E-state index is -1.13. The van der Waals surface area contributed by atoms with Crippen LogP contribution in [0.3, 0.4) is 0 Å². The van der Waals surface area contributed by atoms with E-state index in [1.54, 1.807) is 0 Å². The van der Waals surface area contributed by atoms with Gasteiger partial charge in [0.25, 0.3) is 0 Å². The third kappa shape index (κ3) is 3.36. The van der Waals surface area contributed by atoms with E-state index < -0.39 is 12.1 Å². The second-order valence-electron chi connectivity index (χ2n) is 3.79. The first kappa shape index (κ1) is 11.7. The zero-order valence-corrected chi connectivity index (χ0v) is 8.99. The van der Waals surface area contributed by atoms with Crippen molar-refractivity contribution in [3.8, 4) is 0 Å². The minimum Gasteiger partial charge on any atom is -0.550 e. The summed E-state index contributed by atoms with van der Waals surface area (Å²) in [4.78, 5) is 10.3. The van der Waals surface area contributed by atoms with Gasteiger partial charge in [-0.15, -0.1) is 0 Å². The van der Waals surface area contributed by atoms with E-state index in [2.05, 4.69) is 0 Å². The van der Waals surface area contributed by atoms with Crippen molar-refractivity contribution in [2.24, 2.45) is 0 Å². The Hall–Kier alpha value is -1.35. The van der Waals surface area contributed by atoms with Crippen molar-refractivity contribution in [2.45, 2.75) is 32.8 Å². The molecule has 0 aliphatic carbocycles. The summed E-state index contributed by atoms with van der Waals surface area (Å²) >= 11 is 0. The van der Waals surface area contributed by atoms with Crippen LogP contribution in [0.25, 0.3) is 0 Å². The van der Waals surface area contributed by atoms with E-state index in [0.29, 0.717) is 0 Å². The summed E-state index contributed by atoms with van der Waals surface area (Å²) in [5, 5.41) is 20.0. The third-order valence-corrected chi connectivity index (χ3v) is 2.41. The summed E-state index contributed by atoms with van der Waals surface area (Å²) in [6, 6.07) is 5.72. The maximum atomic E-state index is 10.3. The Bertz CT molecular complexity index is 358. The lowest BCUT2D eigenvalue weighted by molar-refractivity contribution is -0.306. The number of aryl methyl sites for hydroxylation is 2. The first-order valence-electron chi connectivity index (χ1n) is 4.95. The van der Waals surface area contributed by atoms with Crippen molar-refractivity contribution in [1.82, 2.24) is 0 Å². The predicted molar refractivity (Wildman–Crippen MR) is 55.1 cm³/mol. The highest BCUT2D eigenvalue weighted by molar-refractivity contribution is 5.64. The zero-order valence-electron chi connectivity index (χ0n) is 8.99. The van der Waals surface area contributed by atoms with Crippen LogP contribution in [-0.4, -0.2) is 11.1 Å². The van der Waals surface area contributed by atoms with E-state index in [9.17, 15) is 15.0 Å². The molecule has 0 spiro atoms. The predicted octanol–water partition coefficient (Wildman–Crippen LogP) is 0.867. The van der Waals surface area contributed by atoms with Gasteiger partial charge in [-0.05, 0) is 37.8 Å². The van der Waals surface area contributed by atoms with E-state index in [0.717, 1.165) is 16.7 Å². The molecule has 0 aromatic heterocycles. The fraction of sp³-hybridized carbons (Fsp3) is 0.417. The van der Waals surface area contributed by atoms with Crippen molar-refractivity contribution >= 4 is 5.97 Å². The second-order valence-corrected chi connectivity index (χ2v) is 3.79. The van der Waals surface area contributed by atoms with Crippen LogP contribution >= 0.6 is 0 Å². The van der Waals surface area contributed by atoms with Crippen LogP contribution in [-0.2, 0) is 4.79 Å². The Labute approximate surface area is 89.4 Å². The molecule has 1 N–H and O–H groups in total. The molecule has 3 heteroatoms. The molecule has 0 radical (unpaired) electrons. The Morgan fingerprint density at radius 1 is 1.47 bits per heavy atom. The molecule has 0 bridgehead atoms. The van der Waals surface area contributed by atoms with Gasteiger partial charge in [0, 0.05) is 5.97 Å². The Balaban J connectivity index is 2.73. The Morgan fingerprint density at radius 3 is 2.67 bits per heavy atom. The molecule has 0 aliphatic heterocycles. The summed E-state index contributed by atoms with van der Waals surface area (Å²) in [6.07, 6.45) is -0.635. The lowest BCUT2D eigenvalue weighted by Crippen LogP contribution is -2.22. The van der Waals surface area contributed by atoms with Crippen LogP contribution < -0.4 is 5.11 Å². The molecule has 1 atom stereocenters. The number of aliphatic carboxylic acids is 1. The molecule has 3 nitrogen and oxygen atoms in total. The molecule has 0 saturated carbocycles. The number of aliphatic hydroxyl groups is 1. The Kier molecular flexibility index (Phi) is 3.86. The van der Waals surface area contributed by atoms with E-state index >= 15 is 0 Å². The molecule has 0 aliphatic rings. The van der Waals surface area contributed by atoms with Crippen LogP contribution in [0.15, 0.2) is 18.2 Å². The average Bonchev–Trinajstić information content (AvgIpc) is 2.14. The number of hydrogen-bond donors (Lipinski definition) is 1. The number of carboxylic acids is 1. The quantitative estimate of drug-likeness (QED) is 0.796. The van der Waals surface area contributed by atoms with Gasteiger partial charge in [-0.25, -0.2) is 0 Å². The van der Waals surface area contributed by atoms with Crippen molar-refractivity contribution in [3.05, 3.63) is 34.9 Å². The molecule has 1 rings (SSSR count). The van der Waals surface area contributed by atoms with Gasteiger partial charge in [0.15, 0.2) is 0 Å².